The molecule has 136 valence electrons. The molecular weight excluding hydrogens is 352 g/mol. The third-order valence-electron chi connectivity index (χ3n) is 4.75. The molecule has 0 unspecified atom stereocenters. The third-order valence-corrected chi connectivity index (χ3v) is 4.75. The lowest BCUT2D eigenvalue weighted by molar-refractivity contribution is -0.115. The van der Waals surface area contributed by atoms with Crippen LogP contribution in [0.1, 0.15) is 16.8 Å². The number of carbonyl (C=O) groups is 1. The van der Waals surface area contributed by atoms with Gasteiger partial charge in [0.2, 0.25) is 11.9 Å². The highest BCUT2D eigenvalue weighted by Gasteiger charge is 2.16. The lowest BCUT2D eigenvalue weighted by atomic mass is 10.1. The van der Waals surface area contributed by atoms with Gasteiger partial charge in [-0.1, -0.05) is 24.3 Å². The van der Waals surface area contributed by atoms with Crippen LogP contribution in [0.5, 0.6) is 0 Å². The molecule has 0 atom stereocenters. The quantitative estimate of drug-likeness (QED) is 0.514. The van der Waals surface area contributed by atoms with Crippen molar-refractivity contribution < 1.29 is 4.79 Å². The van der Waals surface area contributed by atoms with Crippen LogP contribution in [-0.2, 0) is 11.2 Å². The molecule has 4 aromatic rings. The highest BCUT2D eigenvalue weighted by Crippen LogP contribution is 2.27. The average molecular weight is 368 g/mol. The van der Waals surface area contributed by atoms with Crippen molar-refractivity contribution in [2.24, 2.45) is 0 Å². The molecule has 5 rings (SSSR count). The van der Waals surface area contributed by atoms with E-state index in [1.54, 1.807) is 6.20 Å². The topological polar surface area (TPSA) is 110 Å². The number of H-pyrrole nitrogens is 1. The summed E-state index contributed by atoms with van der Waals surface area (Å²) in [5.74, 6) is 0.284. The summed E-state index contributed by atoms with van der Waals surface area (Å²) in [6.45, 7) is 0. The summed E-state index contributed by atoms with van der Waals surface area (Å²) in [6.07, 6.45) is 6.03. The van der Waals surface area contributed by atoms with Crippen molar-refractivity contribution in [1.82, 2.24) is 20.2 Å². The molecule has 0 saturated heterocycles. The molecule has 0 bridgehead atoms. The zero-order valence-corrected chi connectivity index (χ0v) is 14.8. The first kappa shape index (κ1) is 16.2. The summed E-state index contributed by atoms with van der Waals surface area (Å²) in [6, 6.07) is 13.8. The van der Waals surface area contributed by atoms with E-state index in [1.165, 1.54) is 0 Å². The van der Waals surface area contributed by atoms with Crippen LogP contribution >= 0.6 is 0 Å². The minimum absolute atomic E-state index is 0.0377. The van der Waals surface area contributed by atoms with Gasteiger partial charge < -0.3 is 11.1 Å². The molecule has 2 aromatic carbocycles. The molecular formula is C21H16N6O. The van der Waals surface area contributed by atoms with Gasteiger partial charge in [-0.05, 0) is 41.5 Å². The van der Waals surface area contributed by atoms with Crippen LogP contribution in [0, 0.1) is 0 Å². The number of fused-ring (bicyclic) bond motifs is 2. The van der Waals surface area contributed by atoms with E-state index in [1.807, 2.05) is 54.6 Å². The number of aromatic nitrogens is 4. The first-order valence-electron chi connectivity index (χ1n) is 8.83. The van der Waals surface area contributed by atoms with Crippen molar-refractivity contribution in [2.45, 2.75) is 6.42 Å². The van der Waals surface area contributed by atoms with E-state index in [4.69, 9.17) is 5.73 Å². The van der Waals surface area contributed by atoms with Crippen molar-refractivity contribution >= 4 is 40.6 Å². The molecule has 0 radical (unpaired) electrons. The molecule has 2 aromatic heterocycles. The van der Waals surface area contributed by atoms with Gasteiger partial charge in [-0.2, -0.15) is 5.10 Å². The van der Waals surface area contributed by atoms with E-state index >= 15 is 0 Å². The minimum atomic E-state index is 0.0377. The monoisotopic (exact) mass is 368 g/mol. The van der Waals surface area contributed by atoms with Crippen molar-refractivity contribution in [3.05, 3.63) is 65.5 Å². The Morgan fingerprint density at radius 1 is 1.07 bits per heavy atom. The van der Waals surface area contributed by atoms with E-state index in [0.29, 0.717) is 6.42 Å². The number of nitrogens with one attached hydrogen (secondary N) is 2. The maximum absolute atomic E-state index is 11.5. The van der Waals surface area contributed by atoms with Crippen LogP contribution in [0.2, 0.25) is 0 Å². The Morgan fingerprint density at radius 2 is 2.00 bits per heavy atom. The molecule has 0 saturated carbocycles. The summed E-state index contributed by atoms with van der Waals surface area (Å²) in [5.41, 5.74) is 12.1. The van der Waals surface area contributed by atoms with Gasteiger partial charge >= 0.3 is 0 Å². The van der Waals surface area contributed by atoms with Gasteiger partial charge in [0.15, 0.2) is 0 Å². The number of amides is 1. The highest BCUT2D eigenvalue weighted by atomic mass is 16.1. The molecule has 1 aliphatic heterocycles. The molecule has 1 amide bonds. The maximum Gasteiger partial charge on any atom is 0.228 e. The maximum atomic E-state index is 11.5. The summed E-state index contributed by atoms with van der Waals surface area (Å²) in [4.78, 5) is 19.7. The molecule has 7 heteroatoms. The lowest BCUT2D eigenvalue weighted by Crippen LogP contribution is -2.03. The molecule has 3 heterocycles. The van der Waals surface area contributed by atoms with Crippen molar-refractivity contribution in [3.8, 4) is 11.3 Å². The van der Waals surface area contributed by atoms with Gasteiger partial charge in [-0.25, -0.2) is 9.97 Å². The van der Waals surface area contributed by atoms with E-state index < -0.39 is 0 Å². The normalized spacial score (nSPS) is 13.2. The largest absolute Gasteiger partial charge is 0.368 e. The van der Waals surface area contributed by atoms with Gasteiger partial charge in [0, 0.05) is 22.8 Å². The molecule has 7 nitrogen and oxygen atoms in total. The Labute approximate surface area is 160 Å². The predicted molar refractivity (Wildman–Crippen MR) is 109 cm³/mol. The van der Waals surface area contributed by atoms with Gasteiger partial charge in [0.25, 0.3) is 0 Å². The Kier molecular flexibility index (Phi) is 3.65. The Morgan fingerprint density at radius 3 is 2.89 bits per heavy atom. The number of hydrogen-bond donors (Lipinski definition) is 3. The third kappa shape index (κ3) is 2.88. The van der Waals surface area contributed by atoms with Crippen LogP contribution in [-0.4, -0.2) is 26.1 Å². The molecule has 28 heavy (non-hydrogen) atoms. The number of rotatable bonds is 3. The standard InChI is InChI=1S/C21H16N6O/c22-21-23-8-7-16(25-21)13-4-5-15-17(26-27-19(15)10-13)6-2-12-1-3-14-11-20(28)24-18(14)9-12/h1-10H,11H2,(H,24,28)(H,26,27)(H2,22,23,25). The fourth-order valence-electron chi connectivity index (χ4n) is 3.37. The molecule has 0 spiro atoms. The number of aromatic amines is 1. The average Bonchev–Trinajstić information content (AvgIpc) is 3.27. The molecule has 0 fully saturated rings. The molecule has 0 aliphatic carbocycles. The second-order valence-electron chi connectivity index (χ2n) is 6.64. The number of benzene rings is 2. The second kappa shape index (κ2) is 6.31. The van der Waals surface area contributed by atoms with Crippen LogP contribution in [0.25, 0.3) is 34.3 Å². The van der Waals surface area contributed by atoms with E-state index in [2.05, 4.69) is 25.5 Å². The van der Waals surface area contributed by atoms with Crippen LogP contribution in [0.3, 0.4) is 0 Å². The SMILES string of the molecule is Nc1nccc(-c2ccc3c(C=Cc4ccc5c(c4)NC(=O)C5)n[nH]c3c2)n1. The number of nitrogen functional groups attached to an aromatic ring is 1. The molecule has 4 N–H and O–H groups in total. The zero-order valence-electron chi connectivity index (χ0n) is 14.8. The fraction of sp³-hybridized carbons (Fsp3) is 0.0476. The van der Waals surface area contributed by atoms with Gasteiger partial charge in [0.1, 0.15) is 0 Å². The Balaban J connectivity index is 1.45. The van der Waals surface area contributed by atoms with Gasteiger partial charge in [-0.15, -0.1) is 0 Å². The summed E-state index contributed by atoms with van der Waals surface area (Å²) < 4.78 is 0. The van der Waals surface area contributed by atoms with Crippen LogP contribution < -0.4 is 11.1 Å². The number of anilines is 2. The van der Waals surface area contributed by atoms with E-state index in [0.717, 1.165) is 44.7 Å². The predicted octanol–water partition coefficient (Wildman–Crippen LogP) is 3.27. The number of hydrogen-bond acceptors (Lipinski definition) is 5. The number of nitrogens with zero attached hydrogens (tertiary/aromatic N) is 3. The lowest BCUT2D eigenvalue weighted by Gasteiger charge is -2.01. The molecule has 1 aliphatic rings. The number of nitrogens with two attached hydrogens (primary N) is 1. The summed E-state index contributed by atoms with van der Waals surface area (Å²) in [5, 5.41) is 11.4. The Bertz CT molecular complexity index is 1260. The smallest absolute Gasteiger partial charge is 0.228 e. The van der Waals surface area contributed by atoms with Gasteiger partial charge in [-0.3, -0.25) is 9.89 Å². The summed E-state index contributed by atoms with van der Waals surface area (Å²) in [7, 11) is 0. The van der Waals surface area contributed by atoms with Gasteiger partial charge in [0.05, 0.1) is 23.3 Å². The van der Waals surface area contributed by atoms with E-state index in [9.17, 15) is 4.79 Å². The number of carbonyl (C=O) groups excluding carboxylic acids is 1. The van der Waals surface area contributed by atoms with Crippen LogP contribution in [0.15, 0.2) is 48.7 Å². The highest BCUT2D eigenvalue weighted by molar-refractivity contribution is 5.99. The first-order chi connectivity index (χ1) is 13.7. The fourth-order valence-corrected chi connectivity index (χ4v) is 3.37. The zero-order chi connectivity index (χ0) is 19.1. The first-order valence-corrected chi connectivity index (χ1v) is 8.83. The van der Waals surface area contributed by atoms with Crippen molar-refractivity contribution in [2.75, 3.05) is 11.1 Å². The minimum Gasteiger partial charge on any atom is -0.368 e. The second-order valence-corrected chi connectivity index (χ2v) is 6.64. The van der Waals surface area contributed by atoms with Crippen molar-refractivity contribution in [1.29, 1.82) is 0 Å². The van der Waals surface area contributed by atoms with Crippen LogP contribution in [0.4, 0.5) is 11.6 Å². The van der Waals surface area contributed by atoms with Crippen molar-refractivity contribution in [3.63, 3.8) is 0 Å². The Hall–Kier alpha value is -4.00. The summed E-state index contributed by atoms with van der Waals surface area (Å²) >= 11 is 0. The van der Waals surface area contributed by atoms with E-state index in [-0.39, 0.29) is 11.9 Å².